The maximum Gasteiger partial charge on any atom is 0.152 e. The molecule has 18 heavy (non-hydrogen) atoms. The van der Waals surface area contributed by atoms with E-state index >= 15 is 0 Å². The van der Waals surface area contributed by atoms with Crippen LogP contribution in [0.5, 0.6) is 0 Å². The summed E-state index contributed by atoms with van der Waals surface area (Å²) >= 11 is 0. The summed E-state index contributed by atoms with van der Waals surface area (Å²) < 4.78 is 27.6. The highest BCUT2D eigenvalue weighted by molar-refractivity contribution is 7.90. The molecule has 98 valence electrons. The highest BCUT2D eigenvalue weighted by Gasteiger charge is 2.53. The van der Waals surface area contributed by atoms with Crippen molar-refractivity contribution < 1.29 is 17.9 Å². The minimum atomic E-state index is -2.96. The van der Waals surface area contributed by atoms with Gasteiger partial charge in [0.2, 0.25) is 0 Å². The Morgan fingerprint density at radius 2 is 2.17 bits per heavy atom. The minimum Gasteiger partial charge on any atom is -0.353 e. The van der Waals surface area contributed by atoms with Gasteiger partial charge in [0, 0.05) is 6.26 Å². The molecule has 0 N–H and O–H groups in total. The number of carbonyl (C=O) groups excluding carboxylic acids is 1. The lowest BCUT2D eigenvalue weighted by Gasteiger charge is -2.08. The van der Waals surface area contributed by atoms with Crippen LogP contribution in [0.15, 0.2) is 24.3 Å². The van der Waals surface area contributed by atoms with Crippen LogP contribution in [-0.2, 0) is 31.4 Å². The van der Waals surface area contributed by atoms with Crippen LogP contribution in [0, 0.1) is 0 Å². The molecule has 1 aliphatic rings. The van der Waals surface area contributed by atoms with E-state index in [1.165, 1.54) is 6.26 Å². The van der Waals surface area contributed by atoms with Gasteiger partial charge in [-0.05, 0) is 24.5 Å². The smallest absolute Gasteiger partial charge is 0.152 e. The van der Waals surface area contributed by atoms with Gasteiger partial charge in [0.15, 0.2) is 6.29 Å². The van der Waals surface area contributed by atoms with Crippen LogP contribution in [-0.4, -0.2) is 32.8 Å². The number of hydrogen-bond acceptors (Lipinski definition) is 4. The van der Waals surface area contributed by atoms with Crippen LogP contribution in [0.3, 0.4) is 0 Å². The van der Waals surface area contributed by atoms with Crippen molar-refractivity contribution in [2.75, 3.05) is 12.0 Å². The fraction of sp³-hybridized carbons (Fsp3) is 0.462. The van der Waals surface area contributed by atoms with E-state index < -0.39 is 15.4 Å². The van der Waals surface area contributed by atoms with E-state index in [2.05, 4.69) is 0 Å². The minimum absolute atomic E-state index is 0.130. The lowest BCUT2D eigenvalue weighted by Crippen LogP contribution is -2.10. The van der Waals surface area contributed by atoms with Crippen molar-refractivity contribution in [1.29, 1.82) is 0 Å². The van der Waals surface area contributed by atoms with Gasteiger partial charge in [-0.3, -0.25) is 0 Å². The largest absolute Gasteiger partial charge is 0.353 e. The normalized spacial score (nSPS) is 26.9. The van der Waals surface area contributed by atoms with Crippen molar-refractivity contribution in [3.05, 3.63) is 35.4 Å². The van der Waals surface area contributed by atoms with Gasteiger partial charge in [0.25, 0.3) is 0 Å². The maximum atomic E-state index is 11.1. The molecule has 0 spiro atoms. The molecule has 2 atom stereocenters. The average Bonchev–Trinajstić information content (AvgIpc) is 2.99. The molecule has 0 radical (unpaired) electrons. The SMILES string of the molecule is CC1(c2cccc(CCS(C)(=O)=O)c2)OC1C=O. The molecule has 1 aromatic carbocycles. The topological polar surface area (TPSA) is 63.7 Å². The molecule has 2 rings (SSSR count). The summed E-state index contributed by atoms with van der Waals surface area (Å²) in [6.07, 6.45) is 2.12. The number of sulfone groups is 1. The monoisotopic (exact) mass is 268 g/mol. The van der Waals surface area contributed by atoms with Crippen molar-refractivity contribution in [2.24, 2.45) is 0 Å². The molecule has 0 aliphatic carbocycles. The van der Waals surface area contributed by atoms with E-state index in [1.807, 2.05) is 31.2 Å². The Bertz CT molecular complexity index is 564. The molecule has 0 amide bonds. The third kappa shape index (κ3) is 2.79. The summed E-state index contributed by atoms with van der Waals surface area (Å²) in [5, 5.41) is 0. The second-order valence-electron chi connectivity index (χ2n) is 4.86. The summed E-state index contributed by atoms with van der Waals surface area (Å²) in [5.41, 5.74) is 1.33. The molecule has 1 heterocycles. The van der Waals surface area contributed by atoms with Crippen molar-refractivity contribution >= 4 is 16.1 Å². The number of aldehydes is 1. The fourth-order valence-corrected chi connectivity index (χ4v) is 2.57. The molecule has 1 saturated heterocycles. The van der Waals surface area contributed by atoms with Crippen molar-refractivity contribution in [3.63, 3.8) is 0 Å². The van der Waals surface area contributed by atoms with Gasteiger partial charge >= 0.3 is 0 Å². The Morgan fingerprint density at radius 3 is 2.72 bits per heavy atom. The van der Waals surface area contributed by atoms with Crippen molar-refractivity contribution in [2.45, 2.75) is 25.0 Å². The van der Waals surface area contributed by atoms with Crippen LogP contribution >= 0.6 is 0 Å². The average molecular weight is 268 g/mol. The lowest BCUT2D eigenvalue weighted by molar-refractivity contribution is -0.108. The van der Waals surface area contributed by atoms with Crippen LogP contribution in [0.25, 0.3) is 0 Å². The Morgan fingerprint density at radius 1 is 1.44 bits per heavy atom. The summed E-state index contributed by atoms with van der Waals surface area (Å²) in [7, 11) is -2.96. The van der Waals surface area contributed by atoms with Crippen LogP contribution < -0.4 is 0 Å². The van der Waals surface area contributed by atoms with Crippen molar-refractivity contribution in [3.8, 4) is 0 Å². The molecular weight excluding hydrogens is 252 g/mol. The molecule has 5 heteroatoms. The molecule has 2 unspecified atom stereocenters. The number of epoxide rings is 1. The lowest BCUT2D eigenvalue weighted by atomic mass is 9.95. The van der Waals surface area contributed by atoms with E-state index in [4.69, 9.17) is 4.74 Å². The molecule has 0 bridgehead atoms. The highest BCUT2D eigenvalue weighted by atomic mass is 32.2. The predicted molar refractivity (Wildman–Crippen MR) is 68.1 cm³/mol. The van der Waals surface area contributed by atoms with E-state index in [-0.39, 0.29) is 11.9 Å². The Labute approximate surface area is 107 Å². The number of ether oxygens (including phenoxy) is 1. The molecule has 1 aromatic rings. The third-order valence-corrected chi connectivity index (χ3v) is 4.19. The summed E-state index contributed by atoms with van der Waals surface area (Å²) in [6, 6.07) is 7.56. The van der Waals surface area contributed by atoms with Crippen LogP contribution in [0.1, 0.15) is 18.1 Å². The van der Waals surface area contributed by atoms with Gasteiger partial charge in [0.1, 0.15) is 21.5 Å². The first-order chi connectivity index (χ1) is 8.35. The van der Waals surface area contributed by atoms with Crippen LogP contribution in [0.4, 0.5) is 0 Å². The summed E-state index contributed by atoms with van der Waals surface area (Å²) in [6.45, 7) is 1.86. The summed E-state index contributed by atoms with van der Waals surface area (Å²) in [4.78, 5) is 10.7. The first kappa shape index (κ1) is 13.2. The molecule has 0 saturated carbocycles. The number of hydrogen-bond donors (Lipinski definition) is 0. The predicted octanol–water partition coefficient (Wildman–Crippen LogP) is 1.09. The zero-order valence-electron chi connectivity index (χ0n) is 10.4. The number of aryl methyl sites for hydroxylation is 1. The molecule has 1 aliphatic heterocycles. The Balaban J connectivity index is 2.14. The highest BCUT2D eigenvalue weighted by Crippen LogP contribution is 2.44. The van der Waals surface area contributed by atoms with Crippen LogP contribution in [0.2, 0.25) is 0 Å². The molecule has 0 aromatic heterocycles. The van der Waals surface area contributed by atoms with Gasteiger partial charge < -0.3 is 9.53 Å². The Hall–Kier alpha value is -1.20. The standard InChI is InChI=1S/C13H16O4S/c1-13(12(9-14)17-13)11-5-3-4-10(8-11)6-7-18(2,15)16/h3-5,8-9,12H,6-7H2,1-2H3. The van der Waals surface area contributed by atoms with E-state index in [0.717, 1.165) is 17.4 Å². The van der Waals surface area contributed by atoms with Crippen molar-refractivity contribution in [1.82, 2.24) is 0 Å². The second kappa shape index (κ2) is 4.48. The second-order valence-corrected chi connectivity index (χ2v) is 7.12. The molecule has 4 nitrogen and oxygen atoms in total. The quantitative estimate of drug-likeness (QED) is 0.592. The van der Waals surface area contributed by atoms with Gasteiger partial charge in [-0.2, -0.15) is 0 Å². The van der Waals surface area contributed by atoms with E-state index in [9.17, 15) is 13.2 Å². The third-order valence-electron chi connectivity index (χ3n) is 3.24. The molecular formula is C13H16O4S. The number of rotatable bonds is 5. The van der Waals surface area contributed by atoms with Gasteiger partial charge in [0.05, 0.1) is 5.75 Å². The van der Waals surface area contributed by atoms with Gasteiger partial charge in [-0.1, -0.05) is 24.3 Å². The zero-order chi connectivity index (χ0) is 13.4. The fourth-order valence-electron chi connectivity index (χ4n) is 1.96. The van der Waals surface area contributed by atoms with E-state index in [0.29, 0.717) is 6.42 Å². The number of carbonyl (C=O) groups is 1. The maximum absolute atomic E-state index is 11.1. The first-order valence-electron chi connectivity index (χ1n) is 5.75. The first-order valence-corrected chi connectivity index (χ1v) is 7.81. The molecule has 1 fully saturated rings. The van der Waals surface area contributed by atoms with Gasteiger partial charge in [-0.15, -0.1) is 0 Å². The zero-order valence-corrected chi connectivity index (χ0v) is 11.2. The summed E-state index contributed by atoms with van der Waals surface area (Å²) in [5.74, 6) is 0.130. The van der Waals surface area contributed by atoms with E-state index in [1.54, 1.807) is 0 Å². The number of benzene rings is 1. The Kier molecular flexibility index (Phi) is 3.29. The van der Waals surface area contributed by atoms with Gasteiger partial charge in [-0.25, -0.2) is 8.42 Å².